The van der Waals surface area contributed by atoms with E-state index in [0.717, 1.165) is 18.9 Å². The van der Waals surface area contributed by atoms with E-state index in [1.54, 1.807) is 0 Å². The number of halogens is 2. The third-order valence-corrected chi connectivity index (χ3v) is 6.14. The van der Waals surface area contributed by atoms with Crippen LogP contribution in [0.15, 0.2) is 18.2 Å². The number of hydrogen-bond donors (Lipinski definition) is 1. The van der Waals surface area contributed by atoms with Crippen molar-refractivity contribution in [3.8, 4) is 0 Å². The highest BCUT2D eigenvalue weighted by Gasteiger charge is 2.40. The van der Waals surface area contributed by atoms with Gasteiger partial charge in [0, 0.05) is 12.5 Å². The molecular formula is C15H23F2NO2Si. The van der Waals surface area contributed by atoms with Crippen molar-refractivity contribution in [2.24, 2.45) is 5.73 Å². The maximum atomic E-state index is 13.8. The van der Waals surface area contributed by atoms with Crippen molar-refractivity contribution in [3.63, 3.8) is 0 Å². The summed E-state index contributed by atoms with van der Waals surface area (Å²) in [6.45, 7) is 6.15. The maximum absolute atomic E-state index is 13.8. The maximum Gasteiger partial charge on any atom is 0.322 e. The monoisotopic (exact) mass is 315 g/mol. The average Bonchev–Trinajstić information content (AvgIpc) is 2.41. The van der Waals surface area contributed by atoms with Gasteiger partial charge in [-0.15, -0.1) is 0 Å². The smallest absolute Gasteiger partial charge is 0.322 e. The molecule has 0 fully saturated rings. The van der Waals surface area contributed by atoms with Crippen LogP contribution in [0.5, 0.6) is 0 Å². The van der Waals surface area contributed by atoms with Crippen LogP contribution in [0.2, 0.25) is 13.1 Å². The molecule has 1 atom stereocenters. The van der Waals surface area contributed by atoms with Gasteiger partial charge in [-0.25, -0.2) is 8.78 Å². The van der Waals surface area contributed by atoms with Crippen molar-refractivity contribution < 1.29 is 18.3 Å². The van der Waals surface area contributed by atoms with Crippen LogP contribution in [0.1, 0.15) is 25.3 Å². The van der Waals surface area contributed by atoms with Gasteiger partial charge in [0.05, 0.1) is 15.4 Å². The molecule has 0 saturated carbocycles. The summed E-state index contributed by atoms with van der Waals surface area (Å²) in [7, 11) is -1.67. The first-order valence-electron chi connectivity index (χ1n) is 7.21. The van der Waals surface area contributed by atoms with Crippen molar-refractivity contribution in [1.29, 1.82) is 0 Å². The van der Waals surface area contributed by atoms with Crippen molar-refractivity contribution in [2.45, 2.75) is 44.4 Å². The summed E-state index contributed by atoms with van der Waals surface area (Å²) in [5, 5.41) is -1.19. The molecule has 0 bridgehead atoms. The Balaban J connectivity index is 2.92. The molecule has 0 amide bonds. The van der Waals surface area contributed by atoms with E-state index in [2.05, 4.69) is 0 Å². The van der Waals surface area contributed by atoms with Gasteiger partial charge >= 0.3 is 5.97 Å². The topological polar surface area (TPSA) is 52.3 Å². The quantitative estimate of drug-likeness (QED) is 0.478. The van der Waals surface area contributed by atoms with Crippen LogP contribution in [-0.4, -0.2) is 26.5 Å². The fourth-order valence-corrected chi connectivity index (χ4v) is 3.12. The molecule has 1 aromatic carbocycles. The minimum Gasteiger partial charge on any atom is -0.465 e. The summed E-state index contributed by atoms with van der Waals surface area (Å²) in [5.41, 5.74) is 6.48. The minimum absolute atomic E-state index is 0.0357. The van der Waals surface area contributed by atoms with Gasteiger partial charge in [0.2, 0.25) is 0 Å². The molecule has 118 valence electrons. The molecule has 6 heteroatoms. The van der Waals surface area contributed by atoms with Crippen molar-refractivity contribution in [2.75, 3.05) is 6.61 Å². The Morgan fingerprint density at radius 1 is 1.38 bits per heavy atom. The molecule has 1 rings (SSSR count). The molecule has 21 heavy (non-hydrogen) atoms. The second kappa shape index (κ2) is 7.65. The molecule has 0 spiro atoms. The molecule has 3 nitrogen and oxygen atoms in total. The van der Waals surface area contributed by atoms with Crippen LogP contribution in [0.3, 0.4) is 0 Å². The Kier molecular flexibility index (Phi) is 6.48. The van der Waals surface area contributed by atoms with E-state index in [-0.39, 0.29) is 12.0 Å². The van der Waals surface area contributed by atoms with Gasteiger partial charge < -0.3 is 10.5 Å². The van der Waals surface area contributed by atoms with Gasteiger partial charge in [-0.05, 0) is 18.1 Å². The molecule has 0 aromatic heterocycles. The van der Waals surface area contributed by atoms with Crippen LogP contribution < -0.4 is 5.73 Å². The number of benzene rings is 1. The fraction of sp³-hybridized carbons (Fsp3) is 0.533. The van der Waals surface area contributed by atoms with Gasteiger partial charge in [0.25, 0.3) is 0 Å². The zero-order valence-corrected chi connectivity index (χ0v) is 13.9. The first-order valence-corrected chi connectivity index (χ1v) is 10.1. The van der Waals surface area contributed by atoms with Crippen LogP contribution in [0.4, 0.5) is 8.78 Å². The van der Waals surface area contributed by atoms with E-state index in [0.29, 0.717) is 6.61 Å². The number of rotatable bonds is 7. The van der Waals surface area contributed by atoms with Crippen LogP contribution >= 0.6 is 0 Å². The van der Waals surface area contributed by atoms with Gasteiger partial charge in [-0.2, -0.15) is 0 Å². The summed E-state index contributed by atoms with van der Waals surface area (Å²) in [4.78, 5) is 12.3. The molecule has 1 aromatic rings. The summed E-state index contributed by atoms with van der Waals surface area (Å²) in [6.07, 6.45) is 1.72. The molecule has 0 heterocycles. The van der Waals surface area contributed by atoms with Crippen LogP contribution in [0.25, 0.3) is 0 Å². The van der Waals surface area contributed by atoms with Crippen molar-refractivity contribution >= 4 is 14.8 Å². The first kappa shape index (κ1) is 17.8. The highest BCUT2D eigenvalue weighted by atomic mass is 28.3. The lowest BCUT2D eigenvalue weighted by Gasteiger charge is -2.30. The molecule has 0 aliphatic rings. The van der Waals surface area contributed by atoms with Crippen LogP contribution in [0, 0.1) is 11.6 Å². The molecule has 0 aliphatic heterocycles. The number of carbonyl (C=O) groups is 1. The van der Waals surface area contributed by atoms with E-state index in [1.165, 1.54) is 12.1 Å². The Hall–Kier alpha value is -1.27. The van der Waals surface area contributed by atoms with Crippen molar-refractivity contribution in [1.82, 2.24) is 0 Å². The number of unbranched alkanes of at least 4 members (excludes halogenated alkanes) is 1. The summed E-state index contributed by atoms with van der Waals surface area (Å²) in [5.74, 6) is -1.81. The zero-order valence-electron chi connectivity index (χ0n) is 12.8. The van der Waals surface area contributed by atoms with Crippen molar-refractivity contribution in [3.05, 3.63) is 35.4 Å². The summed E-state index contributed by atoms with van der Waals surface area (Å²) < 4.78 is 31.9. The molecule has 0 radical (unpaired) electrons. The minimum atomic E-state index is -1.67. The third kappa shape index (κ3) is 4.61. The molecular weight excluding hydrogens is 292 g/mol. The Bertz CT molecular complexity index is 497. The highest BCUT2D eigenvalue weighted by Crippen LogP contribution is 2.20. The highest BCUT2D eigenvalue weighted by molar-refractivity contribution is 6.64. The predicted octanol–water partition coefficient (Wildman–Crippen LogP) is 2.57. The number of hydrogen-bond acceptors (Lipinski definition) is 3. The second-order valence-electron chi connectivity index (χ2n) is 5.60. The van der Waals surface area contributed by atoms with Crippen LogP contribution in [-0.2, 0) is 16.0 Å². The van der Waals surface area contributed by atoms with Gasteiger partial charge in [0.1, 0.15) is 16.8 Å². The average molecular weight is 315 g/mol. The number of carbonyl (C=O) groups excluding carboxylic acids is 1. The number of esters is 1. The van der Waals surface area contributed by atoms with E-state index in [9.17, 15) is 13.6 Å². The van der Waals surface area contributed by atoms with E-state index >= 15 is 0 Å². The van der Waals surface area contributed by atoms with E-state index < -0.39 is 31.6 Å². The lowest BCUT2D eigenvalue weighted by molar-refractivity contribution is -0.147. The van der Waals surface area contributed by atoms with E-state index in [1.807, 2.05) is 20.0 Å². The van der Waals surface area contributed by atoms with Gasteiger partial charge in [-0.1, -0.05) is 32.5 Å². The van der Waals surface area contributed by atoms with E-state index in [4.69, 9.17) is 10.5 Å². The molecule has 0 saturated heterocycles. The predicted molar refractivity (Wildman–Crippen MR) is 81.7 cm³/mol. The second-order valence-corrected chi connectivity index (χ2v) is 8.94. The zero-order chi connectivity index (χ0) is 16.0. The molecule has 1 unspecified atom stereocenters. The Morgan fingerprint density at radius 2 is 2.05 bits per heavy atom. The third-order valence-electron chi connectivity index (χ3n) is 3.64. The normalized spacial score (nSPS) is 14.0. The summed E-state index contributed by atoms with van der Waals surface area (Å²) in [6, 6.07) is 3.31. The van der Waals surface area contributed by atoms with Gasteiger partial charge in [0.15, 0.2) is 0 Å². The molecule has 0 aliphatic carbocycles. The number of nitrogens with two attached hydrogens (primary N) is 1. The first-order chi connectivity index (χ1) is 9.81. The lowest BCUT2D eigenvalue weighted by Crippen LogP contribution is -2.60. The summed E-state index contributed by atoms with van der Waals surface area (Å²) >= 11 is 0. The molecule has 2 N–H and O–H groups in total. The van der Waals surface area contributed by atoms with Gasteiger partial charge in [-0.3, -0.25) is 4.79 Å². The lowest BCUT2D eigenvalue weighted by atomic mass is 10.1. The SMILES string of the molecule is CCCCOC(=O)C(N)(Cc1ccc(F)cc1F)[SiH](C)C. The Labute approximate surface area is 126 Å². The Morgan fingerprint density at radius 3 is 2.57 bits per heavy atom. The standard InChI is InChI=1S/C15H23F2NO2Si/c1-4-5-8-20-14(19)15(18,21(2)3)10-11-6-7-12(16)9-13(11)17/h6-7,9,21H,4-5,8,10,18H2,1-3H3. The largest absolute Gasteiger partial charge is 0.465 e. The number of ether oxygens (including phenoxy) is 1. The fourth-order valence-electron chi connectivity index (χ4n) is 1.94.